The monoisotopic (exact) mass is 411 g/mol. The number of rotatable bonds is 4. The second-order valence-electron chi connectivity index (χ2n) is 6.09. The molecule has 0 aliphatic rings. The van der Waals surface area contributed by atoms with Crippen LogP contribution in [-0.2, 0) is 19.8 Å². The van der Waals surface area contributed by atoms with E-state index in [0.29, 0.717) is 11.8 Å². The van der Waals surface area contributed by atoms with Crippen LogP contribution >= 0.6 is 0 Å². The van der Waals surface area contributed by atoms with Gasteiger partial charge in [0.25, 0.3) is 5.91 Å². The van der Waals surface area contributed by atoms with Crippen molar-refractivity contribution in [2.75, 3.05) is 0 Å². The molecule has 154 valence electrons. The molecular formula is C17H16F7N3O. The molecule has 0 bridgehead atoms. The highest BCUT2D eigenvalue weighted by atomic mass is 19.4. The summed E-state index contributed by atoms with van der Waals surface area (Å²) in [4.78, 5) is 15.9. The molecule has 2 rings (SSSR count). The van der Waals surface area contributed by atoms with Crippen LogP contribution in [0.4, 0.5) is 30.7 Å². The van der Waals surface area contributed by atoms with Gasteiger partial charge in [-0.25, -0.2) is 4.39 Å². The molecule has 0 atom stereocenters. The molecule has 0 fully saturated rings. The molecule has 28 heavy (non-hydrogen) atoms. The normalized spacial score (nSPS) is 13.2. The number of aryl methyl sites for hydroxylation is 1. The smallest absolute Gasteiger partial charge is 0.291 e. The number of hydrogen-bond acceptors (Lipinski definition) is 1. The Balaban J connectivity index is 2.41. The Morgan fingerprint density at radius 2 is 1.79 bits per heavy atom. The molecular weight excluding hydrogens is 395 g/mol. The van der Waals surface area contributed by atoms with E-state index < -0.39 is 41.6 Å². The lowest BCUT2D eigenvalue weighted by molar-refractivity contribution is -0.140. The fourth-order valence-electron chi connectivity index (χ4n) is 2.56. The molecule has 0 saturated carbocycles. The van der Waals surface area contributed by atoms with Crippen molar-refractivity contribution in [2.24, 2.45) is 12.0 Å². The van der Waals surface area contributed by atoms with E-state index >= 15 is 0 Å². The molecule has 0 aliphatic carbocycles. The Labute approximate surface area is 154 Å². The average Bonchev–Trinajstić information content (AvgIpc) is 2.80. The maximum atomic E-state index is 14.1. The van der Waals surface area contributed by atoms with Crippen molar-refractivity contribution in [1.82, 2.24) is 9.36 Å². The number of alkyl halides is 6. The van der Waals surface area contributed by atoms with Gasteiger partial charge in [0.15, 0.2) is 5.49 Å². The first-order chi connectivity index (χ1) is 12.8. The maximum Gasteiger partial charge on any atom is 0.419 e. The van der Waals surface area contributed by atoms with Gasteiger partial charge in [0.2, 0.25) is 0 Å². The Kier molecular flexibility index (Phi) is 6.05. The van der Waals surface area contributed by atoms with E-state index in [-0.39, 0.29) is 18.5 Å². The van der Waals surface area contributed by atoms with Gasteiger partial charge < -0.3 is 0 Å². The minimum Gasteiger partial charge on any atom is -0.291 e. The summed E-state index contributed by atoms with van der Waals surface area (Å²) in [5.74, 6) is -3.02. The summed E-state index contributed by atoms with van der Waals surface area (Å²) in [6, 6.07) is 3.61. The predicted molar refractivity (Wildman–Crippen MR) is 84.7 cm³/mol. The Hall–Kier alpha value is -2.59. The van der Waals surface area contributed by atoms with Crippen molar-refractivity contribution in [2.45, 2.75) is 38.7 Å². The summed E-state index contributed by atoms with van der Waals surface area (Å²) >= 11 is 0. The first-order valence-electron chi connectivity index (χ1n) is 8.06. The lowest BCUT2D eigenvalue weighted by atomic mass is 10.1. The van der Waals surface area contributed by atoms with Crippen LogP contribution in [0.3, 0.4) is 0 Å². The van der Waals surface area contributed by atoms with Crippen molar-refractivity contribution in [3.05, 3.63) is 52.4 Å². The van der Waals surface area contributed by atoms with Crippen molar-refractivity contribution < 1.29 is 35.5 Å². The van der Waals surface area contributed by atoms with E-state index in [1.54, 1.807) is 6.92 Å². The average molecular weight is 411 g/mol. The zero-order chi connectivity index (χ0) is 21.3. The molecule has 11 heteroatoms. The van der Waals surface area contributed by atoms with Crippen molar-refractivity contribution >= 4 is 5.91 Å². The third-order valence-electron chi connectivity index (χ3n) is 4.06. The highest BCUT2D eigenvalue weighted by Crippen LogP contribution is 2.32. The zero-order valence-electron chi connectivity index (χ0n) is 14.8. The van der Waals surface area contributed by atoms with Crippen molar-refractivity contribution in [3.8, 4) is 0 Å². The minimum atomic E-state index is -4.98. The molecule has 0 radical (unpaired) electrons. The number of nitrogens with zero attached hydrogens (tertiary/aromatic N) is 3. The summed E-state index contributed by atoms with van der Waals surface area (Å²) < 4.78 is 92.2. The fraction of sp³-hybridized carbons (Fsp3) is 0.412. The summed E-state index contributed by atoms with van der Waals surface area (Å²) in [7, 11) is 1.53. The highest BCUT2D eigenvalue weighted by molar-refractivity contribution is 5.95. The lowest BCUT2D eigenvalue weighted by Gasteiger charge is -2.11. The van der Waals surface area contributed by atoms with Crippen LogP contribution in [0.25, 0.3) is 0 Å². The predicted octanol–water partition coefficient (Wildman–Crippen LogP) is 4.38. The van der Waals surface area contributed by atoms with Crippen LogP contribution in [-0.4, -0.2) is 21.4 Å². The molecule has 4 nitrogen and oxygen atoms in total. The highest BCUT2D eigenvalue weighted by Gasteiger charge is 2.35. The van der Waals surface area contributed by atoms with Gasteiger partial charge in [0.1, 0.15) is 5.82 Å². The molecule has 0 N–H and O–H groups in total. The van der Waals surface area contributed by atoms with Gasteiger partial charge in [-0.3, -0.25) is 14.2 Å². The second kappa shape index (κ2) is 7.80. The molecule has 1 aromatic carbocycles. The Bertz CT molecular complexity index is 936. The standard InChI is InChI=1S/C17H16F7N3O/c1-10-9-13(27(26(10)2)8-4-7-16(19,20)21)25-15(28)11-5-3-6-12(14(11)18)17(22,23)24/h3,5-6,9H,4,7-8H2,1-2H3. The van der Waals surface area contributed by atoms with Crippen LogP contribution in [0.2, 0.25) is 0 Å². The van der Waals surface area contributed by atoms with E-state index in [1.807, 2.05) is 0 Å². The first kappa shape index (κ1) is 21.7. The molecule has 0 saturated heterocycles. The van der Waals surface area contributed by atoms with Crippen LogP contribution < -0.4 is 5.49 Å². The van der Waals surface area contributed by atoms with E-state index in [0.717, 1.165) is 12.1 Å². The largest absolute Gasteiger partial charge is 0.419 e. The maximum absolute atomic E-state index is 14.1. The van der Waals surface area contributed by atoms with E-state index in [9.17, 15) is 35.5 Å². The third-order valence-corrected chi connectivity index (χ3v) is 4.06. The number of halogens is 7. The van der Waals surface area contributed by atoms with E-state index in [1.165, 1.54) is 22.5 Å². The molecule has 1 aromatic heterocycles. The third kappa shape index (κ3) is 5.02. The quantitative estimate of drug-likeness (QED) is 0.689. The molecule has 0 unspecified atom stereocenters. The molecule has 0 spiro atoms. The summed E-state index contributed by atoms with van der Waals surface area (Å²) in [6.45, 7) is 1.47. The first-order valence-corrected chi connectivity index (χ1v) is 8.06. The number of amides is 1. The van der Waals surface area contributed by atoms with Gasteiger partial charge in [-0.2, -0.15) is 31.3 Å². The fourth-order valence-corrected chi connectivity index (χ4v) is 2.56. The van der Waals surface area contributed by atoms with Gasteiger partial charge in [0.05, 0.1) is 11.1 Å². The summed E-state index contributed by atoms with van der Waals surface area (Å²) in [5.41, 5.74) is -2.01. The lowest BCUT2D eigenvalue weighted by Crippen LogP contribution is -2.25. The second-order valence-corrected chi connectivity index (χ2v) is 6.09. The number of carbonyl (C=O) groups is 1. The topological polar surface area (TPSA) is 39.3 Å². The van der Waals surface area contributed by atoms with Crippen LogP contribution in [0.5, 0.6) is 0 Å². The van der Waals surface area contributed by atoms with Crippen LogP contribution in [0.1, 0.15) is 34.5 Å². The SMILES string of the molecule is Cc1cc(=NC(=O)c2cccc(C(F)(F)F)c2F)n(CCCC(F)(F)F)n1C. The molecule has 1 amide bonds. The van der Waals surface area contributed by atoms with E-state index in [2.05, 4.69) is 4.99 Å². The van der Waals surface area contributed by atoms with Gasteiger partial charge in [-0.1, -0.05) is 6.07 Å². The van der Waals surface area contributed by atoms with E-state index in [4.69, 9.17) is 0 Å². The minimum absolute atomic E-state index is 0.0796. The van der Waals surface area contributed by atoms with Crippen LogP contribution in [0.15, 0.2) is 29.3 Å². The number of hydrogen-bond donors (Lipinski definition) is 0. The van der Waals surface area contributed by atoms with Gasteiger partial charge in [-0.05, 0) is 25.5 Å². The molecule has 2 aromatic rings. The summed E-state index contributed by atoms with van der Waals surface area (Å²) in [5, 5.41) is 0. The summed E-state index contributed by atoms with van der Waals surface area (Å²) in [6.07, 6.45) is -10.7. The van der Waals surface area contributed by atoms with Crippen LogP contribution in [0, 0.1) is 12.7 Å². The van der Waals surface area contributed by atoms with Gasteiger partial charge in [0, 0.05) is 31.8 Å². The Morgan fingerprint density at radius 3 is 2.36 bits per heavy atom. The molecule has 0 aliphatic heterocycles. The number of carbonyl (C=O) groups excluding carboxylic acids is 1. The van der Waals surface area contributed by atoms with Gasteiger partial charge in [-0.15, -0.1) is 0 Å². The molecule has 1 heterocycles. The zero-order valence-corrected chi connectivity index (χ0v) is 14.8. The van der Waals surface area contributed by atoms with Crippen molar-refractivity contribution in [3.63, 3.8) is 0 Å². The number of aromatic nitrogens is 2. The number of benzene rings is 1. The Morgan fingerprint density at radius 1 is 1.14 bits per heavy atom. The van der Waals surface area contributed by atoms with Crippen molar-refractivity contribution in [1.29, 1.82) is 0 Å². The van der Waals surface area contributed by atoms with Gasteiger partial charge >= 0.3 is 12.4 Å².